The van der Waals surface area contributed by atoms with E-state index in [4.69, 9.17) is 20.3 Å². The zero-order chi connectivity index (χ0) is 22.2. The van der Waals surface area contributed by atoms with Crippen LogP contribution in [0.25, 0.3) is 0 Å². The van der Waals surface area contributed by atoms with E-state index in [0.717, 1.165) is 12.8 Å². The quantitative estimate of drug-likeness (QED) is 0.433. The second-order valence-corrected chi connectivity index (χ2v) is 9.06. The van der Waals surface area contributed by atoms with Crippen molar-refractivity contribution in [1.29, 1.82) is 0 Å². The highest BCUT2D eigenvalue weighted by molar-refractivity contribution is 5.69. The average molecular weight is 410 g/mol. The van der Waals surface area contributed by atoms with Crippen molar-refractivity contribution in [3.63, 3.8) is 0 Å². The molecular formula is C21H35N3O5. The van der Waals surface area contributed by atoms with Crippen molar-refractivity contribution in [2.75, 3.05) is 5.73 Å². The van der Waals surface area contributed by atoms with E-state index < -0.39 is 23.4 Å². The molecule has 29 heavy (non-hydrogen) atoms. The van der Waals surface area contributed by atoms with Gasteiger partial charge in [-0.1, -0.05) is 12.1 Å². The minimum absolute atomic E-state index is 0.0276. The van der Waals surface area contributed by atoms with Gasteiger partial charge in [0, 0.05) is 12.1 Å². The molecule has 1 aliphatic rings. The monoisotopic (exact) mass is 409 g/mol. The predicted molar refractivity (Wildman–Crippen MR) is 113 cm³/mol. The third kappa shape index (κ3) is 11.1. The Kier molecular flexibility index (Phi) is 8.60. The van der Waals surface area contributed by atoms with Crippen LogP contribution >= 0.6 is 0 Å². The number of amides is 2. The molecule has 164 valence electrons. The molecule has 1 saturated carbocycles. The van der Waals surface area contributed by atoms with Crippen LogP contribution in [0.3, 0.4) is 0 Å². The Balaban J connectivity index is 0.000000436. The first-order chi connectivity index (χ1) is 13.2. The molecule has 8 nitrogen and oxygen atoms in total. The maximum atomic E-state index is 11.7. The first kappa shape index (κ1) is 24.4. The van der Waals surface area contributed by atoms with E-state index in [9.17, 15) is 9.59 Å². The smallest absolute Gasteiger partial charge is 0.407 e. The second-order valence-electron chi connectivity index (χ2n) is 9.06. The van der Waals surface area contributed by atoms with Crippen LogP contribution in [-0.2, 0) is 9.47 Å². The number of carbonyl (C=O) groups excluding carboxylic acids is 2. The van der Waals surface area contributed by atoms with Crippen LogP contribution in [0.5, 0.6) is 5.75 Å². The van der Waals surface area contributed by atoms with E-state index >= 15 is 0 Å². The van der Waals surface area contributed by atoms with Crippen LogP contribution in [-0.4, -0.2) is 40.6 Å². The summed E-state index contributed by atoms with van der Waals surface area (Å²) in [4.78, 5) is 23.4. The summed E-state index contributed by atoms with van der Waals surface area (Å²) >= 11 is 0. The van der Waals surface area contributed by atoms with Crippen LogP contribution in [0.1, 0.15) is 60.8 Å². The molecule has 0 heterocycles. The van der Waals surface area contributed by atoms with Crippen LogP contribution in [0.15, 0.2) is 24.3 Å². The Bertz CT molecular complexity index is 623. The summed E-state index contributed by atoms with van der Waals surface area (Å²) in [5.41, 5.74) is 4.69. The highest BCUT2D eigenvalue weighted by atomic mass is 16.6. The van der Waals surface area contributed by atoms with Crippen molar-refractivity contribution >= 4 is 17.9 Å². The first-order valence-corrected chi connectivity index (χ1v) is 9.77. The highest BCUT2D eigenvalue weighted by Crippen LogP contribution is 2.20. The summed E-state index contributed by atoms with van der Waals surface area (Å²) in [5, 5.41) is 14.5. The lowest BCUT2D eigenvalue weighted by molar-refractivity contribution is 0.0503. The zero-order valence-corrected chi connectivity index (χ0v) is 18.2. The highest BCUT2D eigenvalue weighted by Gasteiger charge is 2.29. The molecule has 1 aromatic rings. The molecule has 1 fully saturated rings. The number of rotatable bonds is 2. The molecule has 0 radical (unpaired) electrons. The van der Waals surface area contributed by atoms with Crippen LogP contribution < -0.4 is 16.4 Å². The minimum atomic E-state index is -0.503. The van der Waals surface area contributed by atoms with Gasteiger partial charge in [0.25, 0.3) is 0 Å². The van der Waals surface area contributed by atoms with E-state index in [-0.39, 0.29) is 17.8 Å². The molecule has 0 saturated heterocycles. The normalized spacial score (nSPS) is 18.8. The number of aromatic hydroxyl groups is 1. The number of carbonyl (C=O) groups is 2. The van der Waals surface area contributed by atoms with Gasteiger partial charge in [-0.05, 0) is 72.9 Å². The number of para-hydroxylation sites is 2. The van der Waals surface area contributed by atoms with Crippen LogP contribution in [0.4, 0.5) is 15.3 Å². The number of anilines is 1. The number of hydrogen-bond donors (Lipinski definition) is 4. The maximum Gasteiger partial charge on any atom is 0.407 e. The van der Waals surface area contributed by atoms with Gasteiger partial charge in [0.05, 0.1) is 5.69 Å². The van der Waals surface area contributed by atoms with Crippen LogP contribution in [0, 0.1) is 0 Å². The Morgan fingerprint density at radius 3 is 1.66 bits per heavy atom. The molecular weight excluding hydrogens is 374 g/mol. The van der Waals surface area contributed by atoms with Gasteiger partial charge in [-0.15, -0.1) is 0 Å². The summed E-state index contributed by atoms with van der Waals surface area (Å²) < 4.78 is 10.4. The van der Waals surface area contributed by atoms with Gasteiger partial charge in [0.15, 0.2) is 0 Å². The second kappa shape index (κ2) is 10.2. The first-order valence-electron chi connectivity index (χ1n) is 9.77. The standard InChI is InChI=1S/C15H28N2O4.C6H7NO/c1-14(2,3)20-12(18)16-10-7-8-11(9-10)17-13(19)21-15(4,5)6;7-5-3-1-2-4-6(5)8/h10-11H,7-9H2,1-6H3,(H,16,18)(H,17,19);1-4,8H,7H2. The number of nitrogens with one attached hydrogen (secondary N) is 2. The Labute approximate surface area is 173 Å². The minimum Gasteiger partial charge on any atom is -0.506 e. The van der Waals surface area contributed by atoms with Crippen molar-refractivity contribution in [3.05, 3.63) is 24.3 Å². The van der Waals surface area contributed by atoms with Crippen molar-refractivity contribution in [2.45, 2.75) is 84.1 Å². The number of alkyl carbamates (subject to hydrolysis) is 2. The number of ether oxygens (including phenoxy) is 2. The molecule has 2 amide bonds. The molecule has 2 rings (SSSR count). The van der Waals surface area contributed by atoms with E-state index in [1.54, 1.807) is 24.3 Å². The van der Waals surface area contributed by atoms with Gasteiger partial charge in [-0.25, -0.2) is 9.59 Å². The Morgan fingerprint density at radius 1 is 0.931 bits per heavy atom. The van der Waals surface area contributed by atoms with Crippen molar-refractivity contribution in [3.8, 4) is 5.75 Å². The number of nitrogen functional groups attached to an aromatic ring is 1. The number of benzene rings is 1. The van der Waals surface area contributed by atoms with E-state index in [0.29, 0.717) is 12.1 Å². The Hall–Kier alpha value is -2.64. The predicted octanol–water partition coefficient (Wildman–Crippen LogP) is 3.93. The average Bonchev–Trinajstić information content (AvgIpc) is 2.93. The molecule has 2 unspecified atom stereocenters. The summed E-state index contributed by atoms with van der Waals surface area (Å²) in [7, 11) is 0. The SMILES string of the molecule is CC(C)(C)OC(=O)NC1CCC(NC(=O)OC(C)(C)C)C1.Nc1ccccc1O. The number of phenols is 1. The van der Waals surface area contributed by atoms with Gasteiger partial charge < -0.3 is 30.9 Å². The zero-order valence-electron chi connectivity index (χ0n) is 18.2. The third-order valence-electron chi connectivity index (χ3n) is 3.81. The molecule has 0 spiro atoms. The summed E-state index contributed by atoms with van der Waals surface area (Å²) in [6.45, 7) is 11.0. The fourth-order valence-electron chi connectivity index (χ4n) is 2.68. The van der Waals surface area contributed by atoms with Crippen molar-refractivity contribution in [2.24, 2.45) is 0 Å². The molecule has 2 atom stereocenters. The summed E-state index contributed by atoms with van der Waals surface area (Å²) in [5.74, 6) is 0.146. The fourth-order valence-corrected chi connectivity index (χ4v) is 2.68. The molecule has 8 heteroatoms. The van der Waals surface area contributed by atoms with Gasteiger partial charge in [0.2, 0.25) is 0 Å². The van der Waals surface area contributed by atoms with E-state index in [2.05, 4.69) is 10.6 Å². The van der Waals surface area contributed by atoms with Crippen LogP contribution in [0.2, 0.25) is 0 Å². The lowest BCUT2D eigenvalue weighted by Crippen LogP contribution is -2.41. The molecule has 5 N–H and O–H groups in total. The molecule has 1 aromatic carbocycles. The lowest BCUT2D eigenvalue weighted by atomic mass is 10.2. The number of phenolic OH excluding ortho intramolecular Hbond substituents is 1. The molecule has 0 aliphatic heterocycles. The number of hydrogen-bond acceptors (Lipinski definition) is 6. The largest absolute Gasteiger partial charge is 0.506 e. The van der Waals surface area contributed by atoms with Gasteiger partial charge in [-0.2, -0.15) is 0 Å². The summed E-state index contributed by atoms with van der Waals surface area (Å²) in [6, 6.07) is 6.75. The third-order valence-corrected chi connectivity index (χ3v) is 3.81. The summed E-state index contributed by atoms with van der Waals surface area (Å²) in [6.07, 6.45) is 1.51. The van der Waals surface area contributed by atoms with E-state index in [1.165, 1.54) is 0 Å². The van der Waals surface area contributed by atoms with Gasteiger partial charge in [0.1, 0.15) is 17.0 Å². The van der Waals surface area contributed by atoms with Crippen molar-refractivity contribution < 1.29 is 24.2 Å². The lowest BCUT2D eigenvalue weighted by Gasteiger charge is -2.22. The number of nitrogens with two attached hydrogens (primary N) is 1. The molecule has 1 aliphatic carbocycles. The van der Waals surface area contributed by atoms with Gasteiger partial charge >= 0.3 is 12.2 Å². The topological polar surface area (TPSA) is 123 Å². The van der Waals surface area contributed by atoms with E-state index in [1.807, 2.05) is 41.5 Å². The van der Waals surface area contributed by atoms with Gasteiger partial charge in [-0.3, -0.25) is 0 Å². The molecule has 0 aromatic heterocycles. The van der Waals surface area contributed by atoms with Crippen molar-refractivity contribution in [1.82, 2.24) is 10.6 Å². The molecule has 0 bridgehead atoms. The fraction of sp³-hybridized carbons (Fsp3) is 0.619. The maximum absolute atomic E-state index is 11.7. The Morgan fingerprint density at radius 2 is 1.34 bits per heavy atom.